The van der Waals surface area contributed by atoms with E-state index in [4.69, 9.17) is 3.79 Å². The van der Waals surface area contributed by atoms with Crippen molar-refractivity contribution in [3.05, 3.63) is 60.7 Å². The zero-order valence-electron chi connectivity index (χ0n) is 16.0. The number of hydrogen-bond acceptors (Lipinski definition) is 2. The van der Waals surface area contributed by atoms with Crippen molar-refractivity contribution in [3.8, 4) is 0 Å². The molecule has 0 amide bonds. The van der Waals surface area contributed by atoms with Crippen molar-refractivity contribution in [1.82, 2.24) is 0 Å². The van der Waals surface area contributed by atoms with Crippen molar-refractivity contribution < 1.29 is 3.79 Å². The summed E-state index contributed by atoms with van der Waals surface area (Å²) in [6.07, 6.45) is 4.77. The summed E-state index contributed by atoms with van der Waals surface area (Å²) >= 11 is -1.17. The minimum atomic E-state index is -1.17. The van der Waals surface area contributed by atoms with Crippen molar-refractivity contribution in [2.75, 3.05) is 4.90 Å². The molecule has 2 aromatic rings. The smallest absolute Gasteiger partial charge is 0.462 e. The molecule has 1 unspecified atom stereocenters. The molecule has 0 aliphatic heterocycles. The Balaban J connectivity index is 2.33. The lowest BCUT2D eigenvalue weighted by Gasteiger charge is -2.36. The summed E-state index contributed by atoms with van der Waals surface area (Å²) in [5.74, 6) is 0. The second-order valence-electron chi connectivity index (χ2n) is 6.62. The van der Waals surface area contributed by atoms with E-state index in [1.807, 2.05) is 0 Å². The zero-order chi connectivity index (χ0) is 17.9. The van der Waals surface area contributed by atoms with Crippen molar-refractivity contribution in [2.24, 2.45) is 0 Å². The fourth-order valence-electron chi connectivity index (χ4n) is 3.31. The van der Waals surface area contributed by atoms with E-state index in [2.05, 4.69) is 86.3 Å². The fraction of sp³-hybridized carbons (Fsp3) is 0.455. The fourth-order valence-corrected chi connectivity index (χ4v) is 5.86. The van der Waals surface area contributed by atoms with Crippen LogP contribution in [-0.2, 0) is 3.79 Å². The Hall–Kier alpha value is -1.27. The molecule has 1 atom stereocenters. The van der Waals surface area contributed by atoms with E-state index in [0.29, 0.717) is 0 Å². The highest BCUT2D eigenvalue weighted by Crippen LogP contribution is 2.30. The van der Waals surface area contributed by atoms with Gasteiger partial charge in [0.15, 0.2) is 0 Å². The maximum Gasteiger partial charge on any atom is 0.462 e. The molecule has 0 bridgehead atoms. The average molecular weight is 353 g/mol. The van der Waals surface area contributed by atoms with Crippen LogP contribution in [0.4, 0.5) is 11.4 Å². The summed E-state index contributed by atoms with van der Waals surface area (Å²) in [5.41, 5.74) is 2.43. The first kappa shape index (κ1) is 20.0. The molecule has 2 rings (SSSR count). The topological polar surface area (TPSA) is 12.5 Å². The quantitative estimate of drug-likeness (QED) is 0.326. The minimum Gasteiger partial charge on any atom is -0.482 e. The number of hydrogen-bond donors (Lipinski definition) is 0. The van der Waals surface area contributed by atoms with E-state index in [1.165, 1.54) is 34.8 Å². The van der Waals surface area contributed by atoms with Gasteiger partial charge in [-0.25, -0.2) is 0 Å². The Labute approximate surface area is 158 Å². The summed E-state index contributed by atoms with van der Waals surface area (Å²) in [7, 11) is 0. The van der Waals surface area contributed by atoms with E-state index in [0.717, 1.165) is 12.8 Å². The summed E-state index contributed by atoms with van der Waals surface area (Å²) in [4.78, 5) is 2.40. The van der Waals surface area contributed by atoms with Gasteiger partial charge in [-0.1, -0.05) is 87.0 Å². The Morgan fingerprint density at radius 1 is 0.760 bits per heavy atom. The average Bonchev–Trinajstić information content (AvgIpc) is 2.64. The molecule has 0 heterocycles. The second-order valence-corrected chi connectivity index (χ2v) is 9.29. The molecule has 0 aromatic heterocycles. The third-order valence-electron chi connectivity index (χ3n) is 4.46. The number of rotatable bonds is 11. The van der Waals surface area contributed by atoms with Gasteiger partial charge < -0.3 is 8.69 Å². The first-order chi connectivity index (χ1) is 12.3. The molecule has 0 saturated carbocycles. The Morgan fingerprint density at radius 2 is 1.24 bits per heavy atom. The zero-order valence-corrected chi connectivity index (χ0v) is 17.2. The molecule has 0 spiro atoms. The van der Waals surface area contributed by atoms with Crippen molar-refractivity contribution in [3.63, 3.8) is 0 Å². The largest absolute Gasteiger partial charge is 0.482 e. The number of para-hydroxylation sites is 2. The van der Waals surface area contributed by atoms with Crippen LogP contribution < -0.4 is 4.90 Å². The SMILES string of the molecule is CCCC([O][Al]([CH2]CC)[CH2]CC)N(c1ccccc1)c1ccccc1. The lowest BCUT2D eigenvalue weighted by molar-refractivity contribution is 0.193. The molecule has 25 heavy (non-hydrogen) atoms. The Bertz CT molecular complexity index is 530. The van der Waals surface area contributed by atoms with Crippen LogP contribution in [-0.4, -0.2) is 20.7 Å². The molecule has 0 fully saturated rings. The van der Waals surface area contributed by atoms with E-state index in [-0.39, 0.29) is 6.23 Å². The second kappa shape index (κ2) is 11.4. The van der Waals surface area contributed by atoms with Crippen LogP contribution in [0.2, 0.25) is 10.6 Å². The van der Waals surface area contributed by atoms with E-state index in [1.54, 1.807) is 0 Å². The third kappa shape index (κ3) is 6.19. The highest BCUT2D eigenvalue weighted by molar-refractivity contribution is 6.51. The maximum atomic E-state index is 6.81. The number of anilines is 2. The van der Waals surface area contributed by atoms with Gasteiger partial charge in [0.2, 0.25) is 0 Å². The van der Waals surface area contributed by atoms with Gasteiger partial charge in [-0.2, -0.15) is 0 Å². The summed E-state index contributed by atoms with van der Waals surface area (Å²) in [5, 5.41) is 2.54. The monoisotopic (exact) mass is 353 g/mol. The molecule has 2 aromatic carbocycles. The van der Waals surface area contributed by atoms with Gasteiger partial charge in [0.1, 0.15) is 6.23 Å². The van der Waals surface area contributed by atoms with Crippen molar-refractivity contribution >= 4 is 25.9 Å². The van der Waals surface area contributed by atoms with Gasteiger partial charge in [-0.05, 0) is 30.7 Å². The van der Waals surface area contributed by atoms with Crippen LogP contribution in [0.25, 0.3) is 0 Å². The van der Waals surface area contributed by atoms with Crippen LogP contribution in [0.5, 0.6) is 0 Å². The molecule has 0 saturated heterocycles. The van der Waals surface area contributed by atoms with Gasteiger partial charge in [-0.3, -0.25) is 0 Å². The molecule has 2 nitrogen and oxygen atoms in total. The molecule has 3 heteroatoms. The summed E-state index contributed by atoms with van der Waals surface area (Å²) in [6, 6.07) is 21.4. The standard InChI is InChI=1S/C16H18NO.2C3H7.Al/c1-2-9-16(18)17(14-10-5-3-6-11-14)15-12-7-4-8-13-15;2*1-3-2;/h3-8,10-13,16H,2,9H2,1H3;2*1,3H2,2H3;/q-1;;;+1. The van der Waals surface area contributed by atoms with Gasteiger partial charge >= 0.3 is 14.5 Å². The molecule has 134 valence electrons. The number of nitrogens with zero attached hydrogens (tertiary/aromatic N) is 1. The predicted molar refractivity (Wildman–Crippen MR) is 111 cm³/mol. The minimum absolute atomic E-state index is 0.129. The molecule has 0 N–H and O–H groups in total. The van der Waals surface area contributed by atoms with E-state index in [9.17, 15) is 0 Å². The maximum absolute atomic E-state index is 6.81. The van der Waals surface area contributed by atoms with Crippen molar-refractivity contribution in [2.45, 2.75) is 63.2 Å². The molecular formula is C22H32AlNO. The highest BCUT2D eigenvalue weighted by Gasteiger charge is 2.27. The first-order valence-electron chi connectivity index (χ1n) is 9.84. The molecule has 0 aliphatic carbocycles. The highest BCUT2D eigenvalue weighted by atomic mass is 27.2. The molecule has 0 radical (unpaired) electrons. The Morgan fingerprint density at radius 3 is 1.64 bits per heavy atom. The van der Waals surface area contributed by atoms with Gasteiger partial charge in [-0.15, -0.1) is 0 Å². The molecular weight excluding hydrogens is 321 g/mol. The van der Waals surface area contributed by atoms with E-state index < -0.39 is 14.5 Å². The lowest BCUT2D eigenvalue weighted by Crippen LogP contribution is -2.38. The van der Waals surface area contributed by atoms with Gasteiger partial charge in [0.25, 0.3) is 0 Å². The lowest BCUT2D eigenvalue weighted by atomic mass is 10.2. The van der Waals surface area contributed by atoms with Crippen molar-refractivity contribution in [1.29, 1.82) is 0 Å². The Kier molecular flexibility index (Phi) is 9.12. The summed E-state index contributed by atoms with van der Waals surface area (Å²) < 4.78 is 6.81. The van der Waals surface area contributed by atoms with Crippen LogP contribution >= 0.6 is 0 Å². The predicted octanol–water partition coefficient (Wildman–Crippen LogP) is 6.78. The van der Waals surface area contributed by atoms with E-state index >= 15 is 0 Å². The normalized spacial score (nSPS) is 12.0. The first-order valence-corrected chi connectivity index (χ1v) is 11.9. The van der Waals surface area contributed by atoms with Gasteiger partial charge in [0, 0.05) is 11.4 Å². The summed E-state index contributed by atoms with van der Waals surface area (Å²) in [6.45, 7) is 6.81. The van der Waals surface area contributed by atoms with Gasteiger partial charge in [0.05, 0.1) is 0 Å². The number of benzene rings is 2. The molecule has 0 aliphatic rings. The van der Waals surface area contributed by atoms with Crippen LogP contribution in [0.1, 0.15) is 46.5 Å². The van der Waals surface area contributed by atoms with Crippen LogP contribution in [0, 0.1) is 0 Å². The third-order valence-corrected chi connectivity index (χ3v) is 7.60. The van der Waals surface area contributed by atoms with Crippen LogP contribution in [0.15, 0.2) is 60.7 Å². The van der Waals surface area contributed by atoms with Crippen LogP contribution in [0.3, 0.4) is 0 Å².